The van der Waals surface area contributed by atoms with Crippen molar-refractivity contribution in [1.82, 2.24) is 5.32 Å². The highest BCUT2D eigenvalue weighted by atomic mass is 35.5. The fourth-order valence-corrected chi connectivity index (χ4v) is 0.809. The van der Waals surface area contributed by atoms with Crippen LogP contribution < -0.4 is 5.32 Å². The summed E-state index contributed by atoms with van der Waals surface area (Å²) in [6.45, 7) is 7.12. The zero-order valence-electron chi connectivity index (χ0n) is 8.11. The first-order chi connectivity index (χ1) is 5.52. The monoisotopic (exact) mass is 191 g/mol. The Morgan fingerprint density at radius 1 is 1.50 bits per heavy atom. The minimum absolute atomic E-state index is 0.0477. The highest BCUT2D eigenvalue weighted by Gasteiger charge is 2.15. The molecule has 0 heterocycles. The number of rotatable bonds is 5. The molecule has 0 saturated carbocycles. The number of halogens is 1. The van der Waals surface area contributed by atoms with E-state index in [9.17, 15) is 4.79 Å². The Hall–Kier alpha value is -0.240. The van der Waals surface area contributed by atoms with Crippen molar-refractivity contribution in [2.24, 2.45) is 5.41 Å². The molecule has 0 aliphatic heterocycles. The number of hydrogen-bond donors (Lipinski definition) is 1. The van der Waals surface area contributed by atoms with Gasteiger partial charge in [0.05, 0.1) is 0 Å². The van der Waals surface area contributed by atoms with Crippen LogP contribution in [-0.2, 0) is 4.79 Å². The smallest absolute Gasteiger partial charge is 0.221 e. The van der Waals surface area contributed by atoms with Gasteiger partial charge in [-0.1, -0.05) is 20.8 Å². The molecule has 0 fully saturated rings. The summed E-state index contributed by atoms with van der Waals surface area (Å²) >= 11 is 5.42. The predicted molar refractivity (Wildman–Crippen MR) is 52.4 cm³/mol. The van der Waals surface area contributed by atoms with E-state index in [0.29, 0.717) is 12.3 Å². The summed E-state index contributed by atoms with van der Waals surface area (Å²) in [6.07, 6.45) is 1.48. The molecule has 1 N–H and O–H groups in total. The molecule has 0 atom stereocenters. The summed E-state index contributed by atoms with van der Waals surface area (Å²) in [4.78, 5) is 11.0. The number of hydrogen-bond acceptors (Lipinski definition) is 1. The van der Waals surface area contributed by atoms with E-state index >= 15 is 0 Å². The molecule has 3 heteroatoms. The molecule has 12 heavy (non-hydrogen) atoms. The highest BCUT2D eigenvalue weighted by Crippen LogP contribution is 2.17. The van der Waals surface area contributed by atoms with Gasteiger partial charge in [0.15, 0.2) is 0 Å². The van der Waals surface area contributed by atoms with E-state index in [1.807, 2.05) is 0 Å². The van der Waals surface area contributed by atoms with E-state index < -0.39 is 0 Å². The Balaban J connectivity index is 3.60. The van der Waals surface area contributed by atoms with Gasteiger partial charge in [-0.05, 0) is 11.8 Å². The molecule has 0 aromatic heterocycles. The third kappa shape index (κ3) is 5.42. The molecule has 0 unspecified atom stereocenters. The van der Waals surface area contributed by atoms with Crippen molar-refractivity contribution >= 4 is 17.5 Å². The first-order valence-corrected chi connectivity index (χ1v) is 4.88. The first kappa shape index (κ1) is 11.8. The zero-order chi connectivity index (χ0) is 9.61. The average Bonchev–Trinajstić information content (AvgIpc) is 2.02. The Bertz CT molecular complexity index is 145. The van der Waals surface area contributed by atoms with Gasteiger partial charge in [-0.2, -0.15) is 0 Å². The van der Waals surface area contributed by atoms with Gasteiger partial charge in [-0.3, -0.25) is 4.79 Å². The molecule has 2 nitrogen and oxygen atoms in total. The van der Waals surface area contributed by atoms with Crippen LogP contribution in [0, 0.1) is 5.41 Å². The average molecular weight is 192 g/mol. The molecule has 0 radical (unpaired) electrons. The maximum atomic E-state index is 11.0. The van der Waals surface area contributed by atoms with E-state index in [-0.39, 0.29) is 11.3 Å². The van der Waals surface area contributed by atoms with Crippen LogP contribution in [0.15, 0.2) is 0 Å². The molecule has 0 rings (SSSR count). The van der Waals surface area contributed by atoms with E-state index in [4.69, 9.17) is 11.6 Å². The van der Waals surface area contributed by atoms with Gasteiger partial charge < -0.3 is 5.32 Å². The minimum atomic E-state index is 0.0477. The fraction of sp³-hybridized carbons (Fsp3) is 0.889. The normalized spacial score (nSPS) is 11.3. The Kier molecular flexibility index (Phi) is 5.31. The third-order valence-corrected chi connectivity index (χ3v) is 2.23. The van der Waals surface area contributed by atoms with Crippen LogP contribution in [0.4, 0.5) is 0 Å². The molecule has 1 amide bonds. The molecular formula is C9H18ClNO. The molecule has 0 spiro atoms. The summed E-state index contributed by atoms with van der Waals surface area (Å²) < 4.78 is 0. The molecule has 0 aliphatic rings. The Labute approximate surface area is 79.7 Å². The molecule has 0 aliphatic carbocycles. The van der Waals surface area contributed by atoms with Crippen molar-refractivity contribution in [2.75, 3.05) is 12.4 Å². The summed E-state index contributed by atoms with van der Waals surface area (Å²) in [6, 6.07) is 0. The highest BCUT2D eigenvalue weighted by molar-refractivity contribution is 6.18. The van der Waals surface area contributed by atoms with Gasteiger partial charge in [-0.25, -0.2) is 0 Å². The quantitative estimate of drug-likeness (QED) is 0.664. The number of carbonyl (C=O) groups excluding carboxylic acids is 1. The van der Waals surface area contributed by atoms with E-state index in [2.05, 4.69) is 26.1 Å². The number of carbonyl (C=O) groups is 1. The van der Waals surface area contributed by atoms with Crippen molar-refractivity contribution in [3.63, 3.8) is 0 Å². The van der Waals surface area contributed by atoms with E-state index in [1.54, 1.807) is 0 Å². The lowest BCUT2D eigenvalue weighted by atomic mass is 9.90. The second-order valence-electron chi connectivity index (χ2n) is 3.73. The molecule has 0 bridgehead atoms. The van der Waals surface area contributed by atoms with E-state index in [1.165, 1.54) is 0 Å². The summed E-state index contributed by atoms with van der Waals surface area (Å²) in [5.41, 5.74) is 0.196. The van der Waals surface area contributed by atoms with Crippen LogP contribution in [0.3, 0.4) is 0 Å². The second kappa shape index (κ2) is 5.41. The van der Waals surface area contributed by atoms with Crippen LogP contribution in [0.5, 0.6) is 0 Å². The minimum Gasteiger partial charge on any atom is -0.356 e. The summed E-state index contributed by atoms with van der Waals surface area (Å²) in [5, 5.41) is 2.85. The van der Waals surface area contributed by atoms with Crippen LogP contribution in [0.25, 0.3) is 0 Å². The van der Waals surface area contributed by atoms with Gasteiger partial charge in [0.25, 0.3) is 0 Å². The maximum Gasteiger partial charge on any atom is 0.221 e. The lowest BCUT2D eigenvalue weighted by Crippen LogP contribution is -2.33. The summed E-state index contributed by atoms with van der Waals surface area (Å²) in [5.74, 6) is 0.449. The van der Waals surface area contributed by atoms with Gasteiger partial charge in [0.1, 0.15) is 0 Å². The van der Waals surface area contributed by atoms with Gasteiger partial charge in [0, 0.05) is 18.8 Å². The molecule has 0 aromatic rings. The SMILES string of the molecule is CCC(C)(C)CNC(=O)CCCl. The maximum absolute atomic E-state index is 11.0. The largest absolute Gasteiger partial charge is 0.356 e. The molecule has 72 valence electrons. The molecule has 0 aromatic carbocycles. The van der Waals surface area contributed by atoms with E-state index in [0.717, 1.165) is 13.0 Å². The Morgan fingerprint density at radius 3 is 2.50 bits per heavy atom. The van der Waals surface area contributed by atoms with Crippen LogP contribution in [0.1, 0.15) is 33.6 Å². The van der Waals surface area contributed by atoms with Crippen LogP contribution >= 0.6 is 11.6 Å². The second-order valence-corrected chi connectivity index (χ2v) is 4.11. The summed E-state index contributed by atoms with van der Waals surface area (Å²) in [7, 11) is 0. The lowest BCUT2D eigenvalue weighted by Gasteiger charge is -2.22. The van der Waals surface area contributed by atoms with Crippen LogP contribution in [0.2, 0.25) is 0 Å². The predicted octanol–water partition coefficient (Wildman–Crippen LogP) is 2.17. The zero-order valence-corrected chi connectivity index (χ0v) is 8.87. The third-order valence-electron chi connectivity index (χ3n) is 2.04. The standard InChI is InChI=1S/C9H18ClNO/c1-4-9(2,3)7-11-8(12)5-6-10/h4-7H2,1-3H3,(H,11,12). The molecule has 0 saturated heterocycles. The lowest BCUT2D eigenvalue weighted by molar-refractivity contribution is -0.121. The van der Waals surface area contributed by atoms with Gasteiger partial charge in [-0.15, -0.1) is 11.6 Å². The van der Waals surface area contributed by atoms with Crippen LogP contribution in [-0.4, -0.2) is 18.3 Å². The van der Waals surface area contributed by atoms with Crippen molar-refractivity contribution < 1.29 is 4.79 Å². The Morgan fingerprint density at radius 2 is 2.08 bits per heavy atom. The van der Waals surface area contributed by atoms with Crippen molar-refractivity contribution in [1.29, 1.82) is 0 Å². The fourth-order valence-electron chi connectivity index (χ4n) is 0.637. The molecular weight excluding hydrogens is 174 g/mol. The van der Waals surface area contributed by atoms with Gasteiger partial charge in [0.2, 0.25) is 5.91 Å². The number of amides is 1. The first-order valence-electron chi connectivity index (χ1n) is 4.34. The number of alkyl halides is 1. The van der Waals surface area contributed by atoms with Crippen molar-refractivity contribution in [2.45, 2.75) is 33.6 Å². The van der Waals surface area contributed by atoms with Gasteiger partial charge >= 0.3 is 0 Å². The number of nitrogens with one attached hydrogen (secondary N) is 1. The van der Waals surface area contributed by atoms with Crippen molar-refractivity contribution in [3.05, 3.63) is 0 Å². The topological polar surface area (TPSA) is 29.1 Å². The van der Waals surface area contributed by atoms with Crippen molar-refractivity contribution in [3.8, 4) is 0 Å².